The van der Waals surface area contributed by atoms with Crippen LogP contribution >= 0.6 is 0 Å². The summed E-state index contributed by atoms with van der Waals surface area (Å²) in [5.41, 5.74) is 0. The van der Waals surface area contributed by atoms with Gasteiger partial charge in [-0.25, -0.2) is 8.42 Å². The van der Waals surface area contributed by atoms with E-state index in [1.165, 1.54) is 11.2 Å². The fraction of sp³-hybridized carbons (Fsp3) is 0.706. The minimum atomic E-state index is -2.97. The van der Waals surface area contributed by atoms with Crippen LogP contribution in [0.1, 0.15) is 12.8 Å². The van der Waals surface area contributed by atoms with Crippen LogP contribution in [-0.2, 0) is 19.4 Å². The van der Waals surface area contributed by atoms with Crippen molar-refractivity contribution in [3.63, 3.8) is 0 Å². The number of imide groups is 1. The van der Waals surface area contributed by atoms with Gasteiger partial charge in [-0.15, -0.1) is 0 Å². The van der Waals surface area contributed by atoms with Gasteiger partial charge in [0.05, 0.1) is 17.6 Å². The molecule has 0 aromatic heterocycles. The Bertz CT molecular complexity index is 716. The number of nitrogens with zero attached hydrogens (tertiary/aromatic N) is 2. The van der Waals surface area contributed by atoms with Crippen molar-refractivity contribution in [2.24, 2.45) is 28.7 Å². The number of guanidine groups is 1. The molecule has 0 radical (unpaired) electrons. The molecule has 2 N–H and O–H groups in total. The van der Waals surface area contributed by atoms with Gasteiger partial charge in [-0.3, -0.25) is 19.5 Å². The minimum Gasteiger partial charge on any atom is -0.356 e. The zero-order valence-electron chi connectivity index (χ0n) is 15.1. The second kappa shape index (κ2) is 7.38. The highest BCUT2D eigenvalue weighted by Crippen LogP contribution is 2.52. The smallest absolute Gasteiger partial charge is 0.233 e. The Hall–Kier alpha value is -1.90. The van der Waals surface area contributed by atoms with E-state index in [9.17, 15) is 18.0 Å². The Morgan fingerprint density at radius 3 is 2.27 bits per heavy atom. The van der Waals surface area contributed by atoms with E-state index in [0.29, 0.717) is 32.0 Å². The molecule has 144 valence electrons. The number of carbonyl (C=O) groups is 2. The normalized spacial score (nSPS) is 30.2. The average molecular weight is 382 g/mol. The summed E-state index contributed by atoms with van der Waals surface area (Å²) in [5, 5.41) is 6.10. The van der Waals surface area contributed by atoms with Gasteiger partial charge in [0.15, 0.2) is 5.96 Å². The van der Waals surface area contributed by atoms with Gasteiger partial charge in [0.2, 0.25) is 11.8 Å². The van der Waals surface area contributed by atoms with Crippen LogP contribution in [0, 0.1) is 23.7 Å². The third-order valence-electron chi connectivity index (χ3n) is 5.40. The van der Waals surface area contributed by atoms with Crippen LogP contribution in [0.15, 0.2) is 17.1 Å². The number of carbonyl (C=O) groups excluding carboxylic acids is 2. The summed E-state index contributed by atoms with van der Waals surface area (Å²) in [6, 6.07) is 0. The Balaban J connectivity index is 1.43. The number of amides is 2. The summed E-state index contributed by atoms with van der Waals surface area (Å²) in [4.78, 5) is 30.6. The molecule has 0 aromatic rings. The molecule has 3 aliphatic rings. The van der Waals surface area contributed by atoms with Gasteiger partial charge in [-0.2, -0.15) is 0 Å². The highest BCUT2D eigenvalue weighted by molar-refractivity contribution is 7.90. The molecule has 3 rings (SSSR count). The SMILES string of the molecule is CN=C(NCCCS(C)(=O)=O)NCCN1C(=O)C2C3C=CC(C3)C2C1=O. The molecule has 1 heterocycles. The number of hydrogen-bond donors (Lipinski definition) is 2. The van der Waals surface area contributed by atoms with Crippen molar-refractivity contribution < 1.29 is 18.0 Å². The lowest BCUT2D eigenvalue weighted by atomic mass is 9.85. The zero-order chi connectivity index (χ0) is 18.9. The molecule has 0 spiro atoms. The summed E-state index contributed by atoms with van der Waals surface area (Å²) in [5.74, 6) is 0.681. The van der Waals surface area contributed by atoms with E-state index < -0.39 is 9.84 Å². The fourth-order valence-electron chi connectivity index (χ4n) is 4.23. The first kappa shape index (κ1) is 18.9. The van der Waals surface area contributed by atoms with Crippen molar-refractivity contribution in [2.75, 3.05) is 38.7 Å². The molecule has 0 aromatic carbocycles. The Morgan fingerprint density at radius 2 is 1.73 bits per heavy atom. The standard InChI is InChI=1S/C17H26N4O4S/c1-18-17(19-6-3-9-26(2,24)25)20-7-8-21-15(22)13-11-4-5-12(10-11)14(13)16(21)23/h4-5,11-14H,3,6-10H2,1-2H3,(H2,18,19,20). The van der Waals surface area contributed by atoms with Crippen molar-refractivity contribution >= 4 is 27.6 Å². The van der Waals surface area contributed by atoms with E-state index in [1.807, 2.05) is 0 Å². The predicted octanol–water partition coefficient (Wildman–Crippen LogP) is -0.607. The zero-order valence-corrected chi connectivity index (χ0v) is 16.0. The van der Waals surface area contributed by atoms with Gasteiger partial charge in [-0.05, 0) is 24.7 Å². The number of aliphatic imine (C=N–C) groups is 1. The third kappa shape index (κ3) is 3.77. The van der Waals surface area contributed by atoms with E-state index in [4.69, 9.17) is 0 Å². The molecular weight excluding hydrogens is 356 g/mol. The van der Waals surface area contributed by atoms with Crippen LogP contribution in [0.5, 0.6) is 0 Å². The van der Waals surface area contributed by atoms with E-state index in [2.05, 4.69) is 27.8 Å². The minimum absolute atomic E-state index is 0.0465. The predicted molar refractivity (Wildman–Crippen MR) is 98.1 cm³/mol. The second-order valence-electron chi connectivity index (χ2n) is 7.24. The molecule has 9 heteroatoms. The molecule has 2 bridgehead atoms. The van der Waals surface area contributed by atoms with Crippen molar-refractivity contribution in [1.29, 1.82) is 0 Å². The second-order valence-corrected chi connectivity index (χ2v) is 9.50. The molecule has 2 amide bonds. The Labute approximate surface area is 154 Å². The van der Waals surface area contributed by atoms with Crippen molar-refractivity contribution in [1.82, 2.24) is 15.5 Å². The summed E-state index contributed by atoms with van der Waals surface area (Å²) in [6.07, 6.45) is 6.80. The van der Waals surface area contributed by atoms with Crippen LogP contribution in [0.4, 0.5) is 0 Å². The number of sulfone groups is 1. The molecule has 4 atom stereocenters. The molecule has 1 saturated carbocycles. The molecule has 1 saturated heterocycles. The largest absolute Gasteiger partial charge is 0.356 e. The maximum absolute atomic E-state index is 12.6. The van der Waals surface area contributed by atoms with Gasteiger partial charge >= 0.3 is 0 Å². The quantitative estimate of drug-likeness (QED) is 0.200. The summed E-state index contributed by atoms with van der Waals surface area (Å²) in [6.45, 7) is 1.20. The van der Waals surface area contributed by atoms with Crippen molar-refractivity contribution in [3.05, 3.63) is 12.2 Å². The van der Waals surface area contributed by atoms with Crippen LogP contribution < -0.4 is 10.6 Å². The lowest BCUT2D eigenvalue weighted by molar-refractivity contribution is -0.140. The van der Waals surface area contributed by atoms with Crippen LogP contribution in [0.3, 0.4) is 0 Å². The monoisotopic (exact) mass is 382 g/mol. The van der Waals surface area contributed by atoms with Crippen molar-refractivity contribution in [3.8, 4) is 0 Å². The molecule has 26 heavy (non-hydrogen) atoms. The number of rotatable bonds is 7. The van der Waals surface area contributed by atoms with Gasteiger partial charge in [0.1, 0.15) is 9.84 Å². The lowest BCUT2D eigenvalue weighted by Crippen LogP contribution is -2.44. The van der Waals surface area contributed by atoms with E-state index >= 15 is 0 Å². The number of fused-ring (bicyclic) bond motifs is 5. The van der Waals surface area contributed by atoms with Crippen LogP contribution in [-0.4, -0.2) is 69.8 Å². The van der Waals surface area contributed by atoms with E-state index in [-0.39, 0.29) is 41.2 Å². The van der Waals surface area contributed by atoms with Gasteiger partial charge in [0.25, 0.3) is 0 Å². The highest BCUT2D eigenvalue weighted by atomic mass is 32.2. The summed E-state index contributed by atoms with van der Waals surface area (Å²) >= 11 is 0. The van der Waals surface area contributed by atoms with Gasteiger partial charge in [-0.1, -0.05) is 12.2 Å². The van der Waals surface area contributed by atoms with E-state index in [1.54, 1.807) is 7.05 Å². The van der Waals surface area contributed by atoms with E-state index in [0.717, 1.165) is 6.42 Å². The first-order valence-corrected chi connectivity index (χ1v) is 11.0. The van der Waals surface area contributed by atoms with Crippen molar-refractivity contribution in [2.45, 2.75) is 12.8 Å². The number of hydrogen-bond acceptors (Lipinski definition) is 5. The Morgan fingerprint density at radius 1 is 1.15 bits per heavy atom. The molecule has 4 unspecified atom stereocenters. The topological polar surface area (TPSA) is 108 Å². The number of allylic oxidation sites excluding steroid dienone is 2. The first-order chi connectivity index (χ1) is 12.3. The lowest BCUT2D eigenvalue weighted by Gasteiger charge is -2.18. The maximum atomic E-state index is 12.6. The fourth-order valence-corrected chi connectivity index (χ4v) is 4.90. The maximum Gasteiger partial charge on any atom is 0.233 e. The van der Waals surface area contributed by atoms with Crippen LogP contribution in [0.2, 0.25) is 0 Å². The highest BCUT2D eigenvalue weighted by Gasteiger charge is 2.58. The number of nitrogens with one attached hydrogen (secondary N) is 2. The summed E-state index contributed by atoms with van der Waals surface area (Å²) in [7, 11) is -1.35. The van der Waals surface area contributed by atoms with Gasteiger partial charge < -0.3 is 10.6 Å². The molecular formula is C17H26N4O4S. The molecule has 2 aliphatic carbocycles. The average Bonchev–Trinajstić information content (AvgIpc) is 3.25. The first-order valence-electron chi connectivity index (χ1n) is 8.97. The molecule has 8 nitrogen and oxygen atoms in total. The Kier molecular flexibility index (Phi) is 5.36. The summed E-state index contributed by atoms with van der Waals surface area (Å²) < 4.78 is 22.2. The van der Waals surface area contributed by atoms with Gasteiger partial charge in [0, 0.05) is 32.9 Å². The molecule has 2 fully saturated rings. The molecule has 1 aliphatic heterocycles. The number of likely N-dealkylation sites (tertiary alicyclic amines) is 1. The van der Waals surface area contributed by atoms with Crippen LogP contribution in [0.25, 0.3) is 0 Å². The third-order valence-corrected chi connectivity index (χ3v) is 6.43.